The lowest BCUT2D eigenvalue weighted by molar-refractivity contribution is 0.00578. The summed E-state index contributed by atoms with van der Waals surface area (Å²) in [5, 5.41) is 0.490. The number of likely N-dealkylation sites (tertiary alicyclic amines) is 1. The maximum absolute atomic E-state index is 13.2. The fourth-order valence-corrected chi connectivity index (χ4v) is 3.94. The Morgan fingerprint density at radius 1 is 1.19 bits per heavy atom. The SMILES string of the molecule is CN(C(=O)OC(C)(C)C)C1CCN(C(=O)c2ccc(Cl)c(B3OC(C)(C)C(C)(C)O3)c2)C1. The summed E-state index contributed by atoms with van der Waals surface area (Å²) >= 11 is 6.44. The van der Waals surface area contributed by atoms with Crippen LogP contribution in [0.2, 0.25) is 5.02 Å². The molecule has 0 bridgehead atoms. The van der Waals surface area contributed by atoms with Gasteiger partial charge in [0, 0.05) is 36.2 Å². The van der Waals surface area contributed by atoms with E-state index in [0.717, 1.165) is 0 Å². The summed E-state index contributed by atoms with van der Waals surface area (Å²) in [4.78, 5) is 28.9. The van der Waals surface area contributed by atoms with Crippen LogP contribution in [0.3, 0.4) is 0 Å². The van der Waals surface area contributed by atoms with Crippen LogP contribution in [0.1, 0.15) is 65.2 Å². The minimum absolute atomic E-state index is 0.0938. The van der Waals surface area contributed by atoms with E-state index in [4.69, 9.17) is 25.6 Å². The van der Waals surface area contributed by atoms with Gasteiger partial charge in [-0.25, -0.2) is 4.79 Å². The minimum Gasteiger partial charge on any atom is -0.444 e. The van der Waals surface area contributed by atoms with Crippen LogP contribution in [0.4, 0.5) is 4.79 Å². The number of rotatable bonds is 3. The van der Waals surface area contributed by atoms with E-state index in [1.54, 1.807) is 35.0 Å². The van der Waals surface area contributed by atoms with Crippen molar-refractivity contribution in [1.82, 2.24) is 9.80 Å². The van der Waals surface area contributed by atoms with Crippen LogP contribution in [-0.2, 0) is 14.0 Å². The summed E-state index contributed by atoms with van der Waals surface area (Å²) in [6.45, 7) is 14.4. The molecule has 0 aliphatic carbocycles. The number of nitrogens with zero attached hydrogens (tertiary/aromatic N) is 2. The van der Waals surface area contributed by atoms with Crippen molar-refractivity contribution >= 4 is 36.2 Å². The Labute approximate surface area is 196 Å². The van der Waals surface area contributed by atoms with Crippen LogP contribution in [-0.4, -0.2) is 71.9 Å². The fourth-order valence-electron chi connectivity index (χ4n) is 3.74. The highest BCUT2D eigenvalue weighted by molar-refractivity contribution is 6.65. The van der Waals surface area contributed by atoms with E-state index in [-0.39, 0.29) is 18.0 Å². The second-order valence-corrected chi connectivity index (χ2v) is 11.0. The third-order valence-electron chi connectivity index (χ3n) is 6.43. The maximum atomic E-state index is 13.2. The molecule has 176 valence electrons. The van der Waals surface area contributed by atoms with Crippen LogP contribution in [0, 0.1) is 0 Å². The summed E-state index contributed by atoms with van der Waals surface area (Å²) in [6.07, 6.45) is 0.311. The summed E-state index contributed by atoms with van der Waals surface area (Å²) in [7, 11) is 1.07. The van der Waals surface area contributed by atoms with Crippen molar-refractivity contribution in [1.29, 1.82) is 0 Å². The lowest BCUT2D eigenvalue weighted by Crippen LogP contribution is -2.42. The Morgan fingerprint density at radius 3 is 2.34 bits per heavy atom. The molecular formula is C23H34BClN2O5. The molecule has 3 rings (SSSR count). The number of carbonyl (C=O) groups is 2. The standard InChI is InChI=1S/C23H34BClN2O5/c1-21(2,3)30-20(29)26(8)16-11-12-27(14-16)19(28)15-9-10-18(25)17(13-15)24-31-22(4,5)23(6,7)32-24/h9-10,13,16H,11-12,14H2,1-8H3. The van der Waals surface area contributed by atoms with Crippen molar-refractivity contribution in [2.75, 3.05) is 20.1 Å². The topological polar surface area (TPSA) is 68.3 Å². The van der Waals surface area contributed by atoms with Crippen molar-refractivity contribution in [2.45, 2.75) is 77.7 Å². The molecule has 0 aromatic heterocycles. The summed E-state index contributed by atoms with van der Waals surface area (Å²) < 4.78 is 17.7. The van der Waals surface area contributed by atoms with Crippen molar-refractivity contribution in [3.05, 3.63) is 28.8 Å². The van der Waals surface area contributed by atoms with E-state index in [2.05, 4.69) is 0 Å². The molecule has 1 unspecified atom stereocenters. The van der Waals surface area contributed by atoms with Crippen LogP contribution < -0.4 is 5.46 Å². The Morgan fingerprint density at radius 2 is 1.78 bits per heavy atom. The van der Waals surface area contributed by atoms with Crippen LogP contribution in [0.25, 0.3) is 0 Å². The van der Waals surface area contributed by atoms with Gasteiger partial charge in [0.05, 0.1) is 17.2 Å². The molecule has 1 aromatic carbocycles. The van der Waals surface area contributed by atoms with Gasteiger partial charge < -0.3 is 23.8 Å². The molecule has 9 heteroatoms. The summed E-state index contributed by atoms with van der Waals surface area (Å²) in [5.41, 5.74) is -0.421. The second kappa shape index (κ2) is 8.54. The van der Waals surface area contributed by atoms with Crippen LogP contribution >= 0.6 is 11.6 Å². The molecule has 7 nitrogen and oxygen atoms in total. The predicted molar refractivity (Wildman–Crippen MR) is 125 cm³/mol. The zero-order valence-electron chi connectivity index (χ0n) is 20.3. The molecule has 1 aromatic rings. The van der Waals surface area contributed by atoms with Gasteiger partial charge in [-0.3, -0.25) is 4.79 Å². The number of hydrogen-bond acceptors (Lipinski definition) is 5. The minimum atomic E-state index is -0.648. The Kier molecular flexibility index (Phi) is 6.64. The molecule has 0 saturated carbocycles. The first-order valence-corrected chi connectivity index (χ1v) is 11.4. The van der Waals surface area contributed by atoms with E-state index < -0.39 is 23.9 Å². The van der Waals surface area contributed by atoms with E-state index >= 15 is 0 Å². The number of carbonyl (C=O) groups excluding carboxylic acids is 2. The Hall–Kier alpha value is -1.77. The molecular weight excluding hydrogens is 431 g/mol. The van der Waals surface area contributed by atoms with Gasteiger partial charge in [0.25, 0.3) is 5.91 Å². The van der Waals surface area contributed by atoms with E-state index in [1.807, 2.05) is 48.5 Å². The molecule has 2 amide bonds. The first-order valence-electron chi connectivity index (χ1n) is 11.0. The Balaban J connectivity index is 1.71. The highest BCUT2D eigenvalue weighted by atomic mass is 35.5. The van der Waals surface area contributed by atoms with Gasteiger partial charge in [0.15, 0.2) is 0 Å². The third kappa shape index (κ3) is 5.08. The number of hydrogen-bond donors (Lipinski definition) is 0. The zero-order chi connectivity index (χ0) is 24.1. The molecule has 0 radical (unpaired) electrons. The van der Waals surface area contributed by atoms with E-state index in [0.29, 0.717) is 35.6 Å². The molecule has 2 aliphatic heterocycles. The Bertz CT molecular complexity index is 883. The summed E-state index contributed by atoms with van der Waals surface area (Å²) in [5.74, 6) is -0.112. The van der Waals surface area contributed by atoms with Gasteiger partial charge in [-0.05, 0) is 73.1 Å². The number of benzene rings is 1. The quantitative estimate of drug-likeness (QED) is 0.638. The monoisotopic (exact) mass is 464 g/mol. The molecule has 1 atom stereocenters. The first-order chi connectivity index (χ1) is 14.6. The lowest BCUT2D eigenvalue weighted by Gasteiger charge is -2.32. The predicted octanol–water partition coefficient (Wildman–Crippen LogP) is 3.72. The molecule has 0 spiro atoms. The van der Waals surface area contributed by atoms with Crippen LogP contribution in [0.5, 0.6) is 0 Å². The number of halogens is 1. The molecule has 2 heterocycles. The zero-order valence-corrected chi connectivity index (χ0v) is 21.1. The number of likely N-dealkylation sites (N-methyl/N-ethyl adjacent to an activating group) is 1. The van der Waals surface area contributed by atoms with Crippen molar-refractivity contribution in [3.8, 4) is 0 Å². The maximum Gasteiger partial charge on any atom is 0.496 e. The first kappa shape index (κ1) is 24.9. The average Bonchev–Trinajstić information content (AvgIpc) is 3.22. The van der Waals surface area contributed by atoms with E-state index in [9.17, 15) is 9.59 Å². The van der Waals surface area contributed by atoms with Crippen molar-refractivity contribution in [2.24, 2.45) is 0 Å². The van der Waals surface area contributed by atoms with Gasteiger partial charge in [0.1, 0.15) is 5.60 Å². The lowest BCUT2D eigenvalue weighted by atomic mass is 9.78. The molecule has 2 fully saturated rings. The molecule has 0 N–H and O–H groups in total. The summed E-state index contributed by atoms with van der Waals surface area (Å²) in [6, 6.07) is 5.07. The fraction of sp³-hybridized carbons (Fsp3) is 0.652. The number of ether oxygens (including phenoxy) is 1. The normalized spacial score (nSPS) is 22.2. The van der Waals surface area contributed by atoms with Gasteiger partial charge in [-0.2, -0.15) is 0 Å². The van der Waals surface area contributed by atoms with Crippen molar-refractivity contribution in [3.63, 3.8) is 0 Å². The van der Waals surface area contributed by atoms with E-state index in [1.165, 1.54) is 0 Å². The molecule has 2 saturated heterocycles. The highest BCUT2D eigenvalue weighted by Crippen LogP contribution is 2.37. The highest BCUT2D eigenvalue weighted by Gasteiger charge is 2.52. The third-order valence-corrected chi connectivity index (χ3v) is 6.77. The van der Waals surface area contributed by atoms with Gasteiger partial charge in [0.2, 0.25) is 0 Å². The van der Waals surface area contributed by atoms with Gasteiger partial charge in [-0.15, -0.1) is 0 Å². The molecule has 2 aliphatic rings. The largest absolute Gasteiger partial charge is 0.496 e. The van der Waals surface area contributed by atoms with Crippen molar-refractivity contribution < 1.29 is 23.6 Å². The molecule has 32 heavy (non-hydrogen) atoms. The van der Waals surface area contributed by atoms with Gasteiger partial charge in [-0.1, -0.05) is 11.6 Å². The number of amides is 2. The van der Waals surface area contributed by atoms with Gasteiger partial charge >= 0.3 is 13.2 Å². The average molecular weight is 465 g/mol. The second-order valence-electron chi connectivity index (χ2n) is 10.6. The van der Waals surface area contributed by atoms with Crippen LogP contribution in [0.15, 0.2) is 18.2 Å². The smallest absolute Gasteiger partial charge is 0.444 e.